The second kappa shape index (κ2) is 10.4. The van der Waals surface area contributed by atoms with Gasteiger partial charge in [-0.3, -0.25) is 14.4 Å². The first-order valence-corrected chi connectivity index (χ1v) is 15.4. The molecular formula is C36H36N2O7. The summed E-state index contributed by atoms with van der Waals surface area (Å²) < 4.78 is 17.7. The van der Waals surface area contributed by atoms with Gasteiger partial charge in [-0.1, -0.05) is 24.5 Å². The maximum absolute atomic E-state index is 14.7. The Morgan fingerprint density at radius 1 is 0.889 bits per heavy atom. The van der Waals surface area contributed by atoms with E-state index in [1.807, 2.05) is 26.0 Å². The van der Waals surface area contributed by atoms with Crippen molar-refractivity contribution in [3.8, 4) is 23.0 Å². The van der Waals surface area contributed by atoms with Gasteiger partial charge in [-0.05, 0) is 39.0 Å². The molecule has 232 valence electrons. The lowest BCUT2D eigenvalue weighted by atomic mass is 9.80. The Balaban J connectivity index is 1.91. The molecular weight excluding hydrogens is 572 g/mol. The molecule has 0 bridgehead atoms. The molecule has 9 heteroatoms. The second-order valence-corrected chi connectivity index (χ2v) is 12.2. The molecule has 5 aromatic rings. The van der Waals surface area contributed by atoms with Crippen LogP contribution in [0.4, 0.5) is 11.4 Å². The minimum Gasteiger partial charge on any atom is -0.504 e. The zero-order valence-electron chi connectivity index (χ0n) is 26.3. The van der Waals surface area contributed by atoms with Gasteiger partial charge in [-0.25, -0.2) is 0 Å². The van der Waals surface area contributed by atoms with Crippen molar-refractivity contribution in [3.63, 3.8) is 0 Å². The summed E-state index contributed by atoms with van der Waals surface area (Å²) in [4.78, 5) is 42.0. The van der Waals surface area contributed by atoms with Crippen molar-refractivity contribution in [2.24, 2.45) is 0 Å². The first-order valence-electron chi connectivity index (χ1n) is 15.4. The monoisotopic (exact) mass is 608 g/mol. The number of ether oxygens (including phenoxy) is 3. The summed E-state index contributed by atoms with van der Waals surface area (Å²) in [7, 11) is 4.48. The summed E-state index contributed by atoms with van der Waals surface area (Å²) in [5.74, 6) is -0.483. The molecule has 0 aromatic heterocycles. The summed E-state index contributed by atoms with van der Waals surface area (Å²) >= 11 is 0. The molecule has 1 atom stereocenters. The number of ketones is 1. The number of hydrogen-bond donors (Lipinski definition) is 3. The summed E-state index contributed by atoms with van der Waals surface area (Å²) in [6, 6.07) is 3.41. The van der Waals surface area contributed by atoms with Gasteiger partial charge in [-0.15, -0.1) is 0 Å². The summed E-state index contributed by atoms with van der Waals surface area (Å²) in [6.45, 7) is 5.77. The van der Waals surface area contributed by atoms with E-state index in [9.17, 15) is 19.5 Å². The van der Waals surface area contributed by atoms with Gasteiger partial charge in [0.05, 0.1) is 43.7 Å². The SMILES string of the molecule is CCNc1c2c3c4c(c(OC)c(O)c5c(=O)cc(OC)c(c6c(OC)cc(NC7CCCC7)c(c1=O)c63)c54)C(C(C)=O)C(C)=C2. The number of rotatable bonds is 8. The lowest BCUT2D eigenvalue weighted by Gasteiger charge is -2.26. The van der Waals surface area contributed by atoms with Crippen molar-refractivity contribution in [2.75, 3.05) is 38.5 Å². The van der Waals surface area contributed by atoms with Crippen LogP contribution in [0.5, 0.6) is 23.0 Å². The first-order chi connectivity index (χ1) is 21.7. The number of anilines is 2. The third-order valence-electron chi connectivity index (χ3n) is 9.74. The molecule has 2 aliphatic rings. The van der Waals surface area contributed by atoms with Crippen LogP contribution in [0.2, 0.25) is 0 Å². The molecule has 3 N–H and O–H groups in total. The number of carbonyl (C=O) groups is 1. The van der Waals surface area contributed by atoms with E-state index >= 15 is 0 Å². The fourth-order valence-electron chi connectivity index (χ4n) is 8.04. The van der Waals surface area contributed by atoms with Crippen LogP contribution < -0.4 is 35.7 Å². The second-order valence-electron chi connectivity index (χ2n) is 12.2. The number of carbonyl (C=O) groups excluding carboxylic acids is 1. The average molecular weight is 609 g/mol. The molecule has 0 amide bonds. The molecule has 0 aliphatic heterocycles. The van der Waals surface area contributed by atoms with Gasteiger partial charge in [0.2, 0.25) is 5.43 Å². The van der Waals surface area contributed by atoms with Crippen molar-refractivity contribution in [3.05, 3.63) is 49.3 Å². The average Bonchev–Trinajstić information content (AvgIpc) is 3.48. The van der Waals surface area contributed by atoms with Crippen molar-refractivity contribution >= 4 is 66.3 Å². The van der Waals surface area contributed by atoms with E-state index in [0.29, 0.717) is 78.1 Å². The maximum atomic E-state index is 14.7. The number of fused-ring (bicyclic) bond motifs is 1. The third kappa shape index (κ3) is 3.82. The number of hydrogen-bond acceptors (Lipinski definition) is 9. The smallest absolute Gasteiger partial charge is 0.212 e. The highest BCUT2D eigenvalue weighted by atomic mass is 16.5. The highest BCUT2D eigenvalue weighted by Gasteiger charge is 2.37. The maximum Gasteiger partial charge on any atom is 0.212 e. The van der Waals surface area contributed by atoms with Crippen LogP contribution in [0.15, 0.2) is 27.3 Å². The van der Waals surface area contributed by atoms with Crippen molar-refractivity contribution in [1.82, 2.24) is 0 Å². The molecule has 5 aromatic carbocycles. The molecule has 0 radical (unpaired) electrons. The van der Waals surface area contributed by atoms with E-state index in [-0.39, 0.29) is 39.9 Å². The Morgan fingerprint density at radius 2 is 1.53 bits per heavy atom. The van der Waals surface area contributed by atoms with E-state index in [1.165, 1.54) is 27.2 Å². The van der Waals surface area contributed by atoms with Crippen molar-refractivity contribution in [1.29, 1.82) is 0 Å². The van der Waals surface area contributed by atoms with Gasteiger partial charge in [-0.2, -0.15) is 0 Å². The predicted molar refractivity (Wildman–Crippen MR) is 180 cm³/mol. The standard InChI is InChI=1S/C36H36N2O7/c1-7-37-33-18-12-15(2)23(16(3)39)32-30-24(18)29-25(34(33)41)19(38-17-10-8-9-11-17)13-21(43-4)27(29)28-22(44-5)14-20(40)26(31(28)30)35(42)36(32)45-6/h12-14,17,23,37-38,42H,7-11H2,1-6H3. The fourth-order valence-corrected chi connectivity index (χ4v) is 8.04. The Labute approximate surface area is 259 Å². The molecule has 1 saturated carbocycles. The first kappa shape index (κ1) is 29.0. The van der Waals surface area contributed by atoms with E-state index in [1.54, 1.807) is 7.11 Å². The van der Waals surface area contributed by atoms with Gasteiger partial charge < -0.3 is 30.0 Å². The molecule has 0 heterocycles. The molecule has 0 spiro atoms. The number of methoxy groups -OCH3 is 3. The minimum atomic E-state index is -0.810. The molecule has 45 heavy (non-hydrogen) atoms. The van der Waals surface area contributed by atoms with E-state index in [2.05, 4.69) is 10.6 Å². The Kier molecular flexibility index (Phi) is 6.69. The van der Waals surface area contributed by atoms with Crippen LogP contribution in [-0.4, -0.2) is 44.8 Å². The number of phenols is 1. The highest BCUT2D eigenvalue weighted by molar-refractivity contribution is 6.40. The van der Waals surface area contributed by atoms with Gasteiger partial charge in [0.1, 0.15) is 17.3 Å². The third-order valence-corrected chi connectivity index (χ3v) is 9.74. The lowest BCUT2D eigenvalue weighted by molar-refractivity contribution is -0.117. The van der Waals surface area contributed by atoms with E-state index in [0.717, 1.165) is 25.7 Å². The quantitative estimate of drug-likeness (QED) is 0.134. The molecule has 9 nitrogen and oxygen atoms in total. The van der Waals surface area contributed by atoms with Crippen LogP contribution >= 0.6 is 0 Å². The van der Waals surface area contributed by atoms with Crippen LogP contribution in [0, 0.1) is 0 Å². The van der Waals surface area contributed by atoms with Crippen LogP contribution in [-0.2, 0) is 4.79 Å². The number of phenolic OH excluding ortho intramolecular Hbond substituents is 1. The van der Waals surface area contributed by atoms with Gasteiger partial charge in [0.25, 0.3) is 0 Å². The molecule has 1 unspecified atom stereocenters. The largest absolute Gasteiger partial charge is 0.504 e. The van der Waals surface area contributed by atoms with Crippen LogP contribution in [0.1, 0.15) is 63.5 Å². The van der Waals surface area contributed by atoms with E-state index < -0.39 is 11.3 Å². The van der Waals surface area contributed by atoms with Crippen molar-refractivity contribution < 1.29 is 24.1 Å². The van der Waals surface area contributed by atoms with E-state index in [4.69, 9.17) is 14.2 Å². The number of aromatic hydroxyl groups is 1. The lowest BCUT2D eigenvalue weighted by Crippen LogP contribution is -2.19. The predicted octanol–water partition coefficient (Wildman–Crippen LogP) is 6.50. The Morgan fingerprint density at radius 3 is 2.13 bits per heavy atom. The normalized spacial score (nSPS) is 16.6. The Hall–Kier alpha value is -4.79. The molecule has 1 fully saturated rings. The fraction of sp³-hybridized carbons (Fsp3) is 0.361. The zero-order chi connectivity index (χ0) is 31.9. The Bertz CT molecular complexity index is 2220. The topological polar surface area (TPSA) is 123 Å². The number of benzene rings is 5. The molecule has 7 rings (SSSR count). The zero-order valence-corrected chi connectivity index (χ0v) is 26.3. The minimum absolute atomic E-state index is 0.0550. The van der Waals surface area contributed by atoms with Crippen LogP contribution in [0.3, 0.4) is 0 Å². The van der Waals surface area contributed by atoms with Crippen LogP contribution in [0.25, 0.3) is 49.2 Å². The molecule has 0 saturated heterocycles. The summed E-state index contributed by atoms with van der Waals surface area (Å²) in [5, 5.41) is 22.7. The van der Waals surface area contributed by atoms with Gasteiger partial charge in [0.15, 0.2) is 16.9 Å². The van der Waals surface area contributed by atoms with Crippen molar-refractivity contribution in [2.45, 2.75) is 58.4 Å². The summed E-state index contributed by atoms with van der Waals surface area (Å²) in [5.41, 5.74) is 2.21. The number of Topliss-reactive ketones (excluding diaryl/α,β-unsaturated/α-hetero) is 1. The summed E-state index contributed by atoms with van der Waals surface area (Å²) in [6.07, 6.45) is 6.10. The number of allylic oxidation sites excluding steroid dienone is 1. The van der Waals surface area contributed by atoms with Gasteiger partial charge in [0, 0.05) is 68.5 Å². The molecule has 2 aliphatic carbocycles. The van der Waals surface area contributed by atoms with Gasteiger partial charge >= 0.3 is 0 Å². The highest BCUT2D eigenvalue weighted by Crippen LogP contribution is 2.57. The number of nitrogens with one attached hydrogen (secondary N) is 2.